The fraction of sp³-hybridized carbons (Fsp3) is 0.458. The Morgan fingerprint density at radius 2 is 1.88 bits per heavy atom. The molecule has 6 rings (SSSR count). The number of likely N-dealkylation sites (N-methyl/N-ethyl adjacent to an activating group) is 1. The molecule has 34 heavy (non-hydrogen) atoms. The Morgan fingerprint density at radius 3 is 2.65 bits per heavy atom. The Hall–Kier alpha value is -3.37. The first-order chi connectivity index (χ1) is 16.5. The molecule has 3 aromatic rings. The van der Waals surface area contributed by atoms with Crippen molar-refractivity contribution in [2.75, 3.05) is 32.0 Å². The van der Waals surface area contributed by atoms with Gasteiger partial charge in [-0.25, -0.2) is 15.0 Å². The molecule has 2 unspecified atom stereocenters. The van der Waals surface area contributed by atoms with E-state index in [4.69, 9.17) is 9.51 Å². The predicted octanol–water partition coefficient (Wildman–Crippen LogP) is 1.89. The van der Waals surface area contributed by atoms with Crippen LogP contribution in [0.5, 0.6) is 0 Å². The fourth-order valence-electron chi connectivity index (χ4n) is 4.82. The quantitative estimate of drug-likeness (QED) is 0.567. The summed E-state index contributed by atoms with van der Waals surface area (Å²) in [5, 5.41) is 18.4. The standard InChI is InChI=1S/C24H27N7O3/c1-30-12-9-24(33,22(30)32)21-13-20(29-34-21)18-4-2-3-17(27-18)19-7-10-25-23(28-19)26-15-8-11-31(14-15)16-5-6-16/h2-4,7,10,13,15-16,33H,5-6,8-9,11-12,14H2,1H3,(H,25,26,28). The molecule has 0 aromatic carbocycles. The highest BCUT2D eigenvalue weighted by atomic mass is 16.5. The highest BCUT2D eigenvalue weighted by Gasteiger charge is 2.48. The lowest BCUT2D eigenvalue weighted by Crippen LogP contribution is -2.35. The van der Waals surface area contributed by atoms with E-state index in [2.05, 4.69) is 25.3 Å². The first-order valence-electron chi connectivity index (χ1n) is 11.8. The second-order valence-corrected chi connectivity index (χ2v) is 9.44. The Labute approximate surface area is 197 Å². The van der Waals surface area contributed by atoms with Crippen LogP contribution in [0, 0.1) is 0 Å². The zero-order chi connectivity index (χ0) is 23.3. The maximum Gasteiger partial charge on any atom is 0.262 e. The molecule has 176 valence electrons. The predicted molar refractivity (Wildman–Crippen MR) is 124 cm³/mol. The van der Waals surface area contributed by atoms with E-state index in [0.29, 0.717) is 41.3 Å². The SMILES string of the molecule is CN1CCC(O)(c2cc(-c3cccc(-c4ccnc(NC5CCN(C6CC6)C5)n4)n3)no2)C1=O. The number of likely N-dealkylation sites (tertiary alicyclic amines) is 2. The lowest BCUT2D eigenvalue weighted by Gasteiger charge is -2.16. The Kier molecular flexibility index (Phi) is 5.07. The van der Waals surface area contributed by atoms with Gasteiger partial charge in [0.2, 0.25) is 11.5 Å². The lowest BCUT2D eigenvalue weighted by atomic mass is 9.98. The summed E-state index contributed by atoms with van der Waals surface area (Å²) in [6.45, 7) is 2.62. The van der Waals surface area contributed by atoms with Gasteiger partial charge in [0.1, 0.15) is 5.69 Å². The van der Waals surface area contributed by atoms with Gasteiger partial charge in [-0.05, 0) is 37.5 Å². The third kappa shape index (κ3) is 3.82. The van der Waals surface area contributed by atoms with Gasteiger partial charge >= 0.3 is 0 Å². The maximum absolute atomic E-state index is 12.4. The van der Waals surface area contributed by atoms with E-state index in [1.807, 2.05) is 24.3 Å². The molecule has 2 atom stereocenters. The summed E-state index contributed by atoms with van der Waals surface area (Å²) in [4.78, 5) is 30.2. The normalized spacial score (nSPS) is 25.3. The maximum atomic E-state index is 12.4. The van der Waals surface area contributed by atoms with Crippen molar-refractivity contribution in [3.8, 4) is 22.8 Å². The van der Waals surface area contributed by atoms with Crippen LogP contribution in [0.15, 0.2) is 41.1 Å². The molecule has 2 N–H and O–H groups in total. The number of pyridine rings is 1. The molecular formula is C24H27N7O3. The number of rotatable bonds is 6. The number of carbonyl (C=O) groups is 1. The summed E-state index contributed by atoms with van der Waals surface area (Å²) in [6.07, 6.45) is 5.73. The second-order valence-electron chi connectivity index (χ2n) is 9.44. The molecular weight excluding hydrogens is 434 g/mol. The van der Waals surface area contributed by atoms with Crippen molar-refractivity contribution in [2.45, 2.75) is 43.4 Å². The van der Waals surface area contributed by atoms with Crippen molar-refractivity contribution < 1.29 is 14.4 Å². The molecule has 10 heteroatoms. The number of amides is 1. The Balaban J connectivity index is 1.21. The van der Waals surface area contributed by atoms with Gasteiger partial charge in [0.25, 0.3) is 5.91 Å². The lowest BCUT2D eigenvalue weighted by molar-refractivity contribution is -0.144. The van der Waals surface area contributed by atoms with E-state index in [1.54, 1.807) is 19.3 Å². The summed E-state index contributed by atoms with van der Waals surface area (Å²) in [6, 6.07) is 10.1. The highest BCUT2D eigenvalue weighted by molar-refractivity contribution is 5.87. The van der Waals surface area contributed by atoms with E-state index in [1.165, 1.54) is 17.7 Å². The number of hydrogen-bond donors (Lipinski definition) is 2. The first-order valence-corrected chi connectivity index (χ1v) is 11.8. The molecule has 3 fully saturated rings. The zero-order valence-corrected chi connectivity index (χ0v) is 19.0. The van der Waals surface area contributed by atoms with Gasteiger partial charge in [0.05, 0.1) is 17.1 Å². The third-order valence-electron chi connectivity index (χ3n) is 6.97. The number of carbonyl (C=O) groups excluding carboxylic acids is 1. The smallest absolute Gasteiger partial charge is 0.262 e. The van der Waals surface area contributed by atoms with E-state index in [9.17, 15) is 9.90 Å². The van der Waals surface area contributed by atoms with Gasteiger partial charge in [-0.15, -0.1) is 0 Å². The van der Waals surface area contributed by atoms with Crippen LogP contribution >= 0.6 is 0 Å². The van der Waals surface area contributed by atoms with Gasteiger partial charge in [0.15, 0.2) is 5.76 Å². The molecule has 1 saturated carbocycles. The molecule has 1 aliphatic carbocycles. The van der Waals surface area contributed by atoms with E-state index in [0.717, 1.165) is 25.6 Å². The second kappa shape index (κ2) is 8.14. The van der Waals surface area contributed by atoms with Crippen molar-refractivity contribution >= 4 is 11.9 Å². The largest absolute Gasteiger partial charge is 0.373 e. The average Bonchev–Trinajstić information content (AvgIpc) is 3.28. The van der Waals surface area contributed by atoms with Crippen LogP contribution < -0.4 is 5.32 Å². The Morgan fingerprint density at radius 1 is 1.09 bits per heavy atom. The minimum absolute atomic E-state index is 0.134. The minimum Gasteiger partial charge on any atom is -0.373 e. The van der Waals surface area contributed by atoms with Gasteiger partial charge in [-0.1, -0.05) is 11.2 Å². The van der Waals surface area contributed by atoms with Crippen LogP contribution in [-0.2, 0) is 10.4 Å². The van der Waals surface area contributed by atoms with Crippen LogP contribution in [0.1, 0.15) is 31.4 Å². The molecule has 0 radical (unpaired) electrons. The van der Waals surface area contributed by atoms with Crippen LogP contribution in [-0.4, -0.2) is 79.7 Å². The monoisotopic (exact) mass is 461 g/mol. The minimum atomic E-state index is -1.68. The van der Waals surface area contributed by atoms with Gasteiger partial charge in [0, 0.05) is 57.4 Å². The summed E-state index contributed by atoms with van der Waals surface area (Å²) in [7, 11) is 1.66. The van der Waals surface area contributed by atoms with Crippen LogP contribution in [0.3, 0.4) is 0 Å². The number of anilines is 1. The van der Waals surface area contributed by atoms with Crippen molar-refractivity contribution in [3.63, 3.8) is 0 Å². The van der Waals surface area contributed by atoms with Crippen LogP contribution in [0.2, 0.25) is 0 Å². The number of hydrogen-bond acceptors (Lipinski definition) is 9. The topological polar surface area (TPSA) is 121 Å². The molecule has 0 spiro atoms. The van der Waals surface area contributed by atoms with Crippen molar-refractivity contribution in [3.05, 3.63) is 42.3 Å². The van der Waals surface area contributed by atoms with Crippen LogP contribution in [0.25, 0.3) is 22.8 Å². The highest BCUT2D eigenvalue weighted by Crippen LogP contribution is 2.35. The average molecular weight is 462 g/mol. The number of nitrogens with one attached hydrogen (secondary N) is 1. The van der Waals surface area contributed by atoms with Crippen LogP contribution in [0.4, 0.5) is 5.95 Å². The third-order valence-corrected chi connectivity index (χ3v) is 6.97. The number of aromatic nitrogens is 4. The van der Waals surface area contributed by atoms with Crippen molar-refractivity contribution in [1.29, 1.82) is 0 Å². The van der Waals surface area contributed by atoms with Gasteiger partial charge in [-0.3, -0.25) is 9.69 Å². The van der Waals surface area contributed by atoms with Gasteiger partial charge in [-0.2, -0.15) is 0 Å². The zero-order valence-electron chi connectivity index (χ0n) is 19.0. The summed E-state index contributed by atoms with van der Waals surface area (Å²) >= 11 is 0. The van der Waals surface area contributed by atoms with Crippen molar-refractivity contribution in [1.82, 2.24) is 29.9 Å². The van der Waals surface area contributed by atoms with Crippen molar-refractivity contribution in [2.24, 2.45) is 0 Å². The Bertz CT molecular complexity index is 1230. The molecule has 0 bridgehead atoms. The first kappa shape index (κ1) is 21.2. The molecule has 1 amide bonds. The van der Waals surface area contributed by atoms with E-state index in [-0.39, 0.29) is 18.1 Å². The summed E-state index contributed by atoms with van der Waals surface area (Å²) in [5.41, 5.74) is 0.713. The summed E-state index contributed by atoms with van der Waals surface area (Å²) < 4.78 is 5.37. The molecule has 10 nitrogen and oxygen atoms in total. The molecule has 2 saturated heterocycles. The van der Waals surface area contributed by atoms with Gasteiger partial charge < -0.3 is 19.8 Å². The summed E-state index contributed by atoms with van der Waals surface area (Å²) in [5.74, 6) is 0.344. The van der Waals surface area contributed by atoms with E-state index < -0.39 is 5.60 Å². The number of aliphatic hydroxyl groups is 1. The number of nitrogens with zero attached hydrogens (tertiary/aromatic N) is 6. The van der Waals surface area contributed by atoms with E-state index >= 15 is 0 Å². The molecule has 5 heterocycles. The molecule has 3 aromatic heterocycles. The molecule has 3 aliphatic rings. The fourth-order valence-corrected chi connectivity index (χ4v) is 4.82. The molecule has 2 aliphatic heterocycles.